The molecule has 0 aliphatic heterocycles. The largest absolute Gasteiger partial charge is 0.497 e. The highest BCUT2D eigenvalue weighted by Gasteiger charge is 2.13. The number of carbonyl (C=O) groups excluding carboxylic acids is 1. The first-order chi connectivity index (χ1) is 12.9. The zero-order valence-electron chi connectivity index (χ0n) is 15.3. The second-order valence-corrected chi connectivity index (χ2v) is 7.33. The first-order valence-electron chi connectivity index (χ1n) is 8.45. The van der Waals surface area contributed by atoms with Crippen LogP contribution in [0.4, 0.5) is 0 Å². The van der Waals surface area contributed by atoms with Crippen LogP contribution in [-0.4, -0.2) is 41.3 Å². The predicted octanol–water partition coefficient (Wildman–Crippen LogP) is 2.16. The third-order valence-electron chi connectivity index (χ3n) is 3.66. The van der Waals surface area contributed by atoms with E-state index < -0.39 is 16.0 Å². The zero-order chi connectivity index (χ0) is 19.7. The molecular formula is C19H23NO6S. The number of nitrogens with one attached hydrogen (secondary N) is 1. The van der Waals surface area contributed by atoms with Crippen molar-refractivity contribution in [3.05, 3.63) is 54.1 Å². The standard InChI is InChI=1S/C19H23NO6S/c1-3-25-19(21)14-26-17-8-10-18(11-9-17)27(22,23)20-13-12-15-4-6-16(24-2)7-5-15/h4-11,20H,3,12-14H2,1-2H3. The Morgan fingerprint density at radius 3 is 2.22 bits per heavy atom. The highest BCUT2D eigenvalue weighted by atomic mass is 32.2. The van der Waals surface area contributed by atoms with Gasteiger partial charge in [0.15, 0.2) is 6.61 Å². The third-order valence-corrected chi connectivity index (χ3v) is 5.14. The summed E-state index contributed by atoms with van der Waals surface area (Å²) in [4.78, 5) is 11.4. The van der Waals surface area contributed by atoms with Crippen molar-refractivity contribution in [2.75, 3.05) is 26.9 Å². The van der Waals surface area contributed by atoms with Crippen LogP contribution >= 0.6 is 0 Å². The van der Waals surface area contributed by atoms with E-state index in [-0.39, 0.29) is 24.7 Å². The second kappa shape index (κ2) is 9.94. The topological polar surface area (TPSA) is 90.9 Å². The second-order valence-electron chi connectivity index (χ2n) is 5.56. The molecule has 0 spiro atoms. The van der Waals surface area contributed by atoms with E-state index >= 15 is 0 Å². The van der Waals surface area contributed by atoms with Crippen molar-refractivity contribution in [3.8, 4) is 11.5 Å². The first kappa shape index (κ1) is 20.7. The van der Waals surface area contributed by atoms with E-state index in [2.05, 4.69) is 4.72 Å². The van der Waals surface area contributed by atoms with Crippen molar-refractivity contribution in [1.82, 2.24) is 4.72 Å². The number of methoxy groups -OCH3 is 1. The summed E-state index contributed by atoms with van der Waals surface area (Å²) in [5, 5.41) is 0. The molecule has 0 radical (unpaired) electrons. The monoisotopic (exact) mass is 393 g/mol. The molecule has 0 unspecified atom stereocenters. The molecule has 146 valence electrons. The molecule has 0 fully saturated rings. The van der Waals surface area contributed by atoms with E-state index in [0.29, 0.717) is 12.2 Å². The van der Waals surface area contributed by atoms with Crippen molar-refractivity contribution in [2.24, 2.45) is 0 Å². The maximum Gasteiger partial charge on any atom is 0.344 e. The molecule has 27 heavy (non-hydrogen) atoms. The molecule has 0 aliphatic carbocycles. The van der Waals surface area contributed by atoms with Gasteiger partial charge in [0.05, 0.1) is 18.6 Å². The van der Waals surface area contributed by atoms with E-state index in [1.54, 1.807) is 14.0 Å². The molecule has 2 aromatic carbocycles. The van der Waals surface area contributed by atoms with E-state index in [1.807, 2.05) is 24.3 Å². The number of hydrogen-bond donors (Lipinski definition) is 1. The molecule has 8 heteroatoms. The number of hydrogen-bond acceptors (Lipinski definition) is 6. The molecule has 0 saturated carbocycles. The minimum absolute atomic E-state index is 0.126. The average molecular weight is 393 g/mol. The minimum atomic E-state index is -3.62. The molecule has 0 atom stereocenters. The summed E-state index contributed by atoms with van der Waals surface area (Å²) < 4.78 is 42.3. The van der Waals surface area contributed by atoms with Gasteiger partial charge in [0.2, 0.25) is 10.0 Å². The summed E-state index contributed by atoms with van der Waals surface area (Å²) >= 11 is 0. The van der Waals surface area contributed by atoms with Gasteiger partial charge in [-0.25, -0.2) is 17.9 Å². The molecule has 0 amide bonds. The highest BCUT2D eigenvalue weighted by molar-refractivity contribution is 7.89. The van der Waals surface area contributed by atoms with Crippen molar-refractivity contribution in [3.63, 3.8) is 0 Å². The van der Waals surface area contributed by atoms with Crippen LogP contribution in [0.25, 0.3) is 0 Å². The van der Waals surface area contributed by atoms with Crippen molar-refractivity contribution < 1.29 is 27.4 Å². The maximum atomic E-state index is 12.3. The Morgan fingerprint density at radius 1 is 1.00 bits per heavy atom. The SMILES string of the molecule is CCOC(=O)COc1ccc(S(=O)(=O)NCCc2ccc(OC)cc2)cc1. The van der Waals surface area contributed by atoms with Gasteiger partial charge in [0.25, 0.3) is 0 Å². The fourth-order valence-electron chi connectivity index (χ4n) is 2.27. The first-order valence-corrected chi connectivity index (χ1v) is 9.94. The van der Waals surface area contributed by atoms with Crippen LogP contribution in [0.3, 0.4) is 0 Å². The van der Waals surface area contributed by atoms with E-state index in [4.69, 9.17) is 14.2 Å². The summed E-state index contributed by atoms with van der Waals surface area (Å²) in [6, 6.07) is 13.3. The Hall–Kier alpha value is -2.58. The molecule has 0 bridgehead atoms. The van der Waals surface area contributed by atoms with E-state index in [0.717, 1.165) is 11.3 Å². The van der Waals surface area contributed by atoms with Gasteiger partial charge in [-0.1, -0.05) is 12.1 Å². The number of ether oxygens (including phenoxy) is 3. The normalized spacial score (nSPS) is 11.0. The van der Waals surface area contributed by atoms with Gasteiger partial charge in [-0.3, -0.25) is 0 Å². The van der Waals surface area contributed by atoms with Crippen LogP contribution in [0, 0.1) is 0 Å². The van der Waals surface area contributed by atoms with Crippen LogP contribution in [0.5, 0.6) is 11.5 Å². The average Bonchev–Trinajstić information content (AvgIpc) is 2.67. The Kier molecular flexibility index (Phi) is 7.63. The smallest absolute Gasteiger partial charge is 0.344 e. The molecule has 2 rings (SSSR count). The number of benzene rings is 2. The molecule has 0 aliphatic rings. The Bertz CT molecular complexity index is 832. The number of carbonyl (C=O) groups is 1. The third kappa shape index (κ3) is 6.58. The number of sulfonamides is 1. The molecule has 7 nitrogen and oxygen atoms in total. The molecule has 2 aromatic rings. The van der Waals surface area contributed by atoms with Gasteiger partial charge in [0.1, 0.15) is 11.5 Å². The summed E-state index contributed by atoms with van der Waals surface area (Å²) in [5.74, 6) is 0.666. The van der Waals surface area contributed by atoms with Crippen LogP contribution < -0.4 is 14.2 Å². The molecule has 0 aromatic heterocycles. The fraction of sp³-hybridized carbons (Fsp3) is 0.316. The molecule has 0 saturated heterocycles. The van der Waals surface area contributed by atoms with Crippen LogP contribution in [0.2, 0.25) is 0 Å². The van der Waals surface area contributed by atoms with Gasteiger partial charge >= 0.3 is 5.97 Å². The lowest BCUT2D eigenvalue weighted by Crippen LogP contribution is -2.26. The lowest BCUT2D eigenvalue weighted by molar-refractivity contribution is -0.145. The lowest BCUT2D eigenvalue weighted by Gasteiger charge is -2.09. The summed E-state index contributed by atoms with van der Waals surface area (Å²) in [6.45, 7) is 2.04. The molecule has 0 heterocycles. The number of rotatable bonds is 10. The quantitative estimate of drug-likeness (QED) is 0.622. The van der Waals surface area contributed by atoms with Crippen molar-refractivity contribution in [1.29, 1.82) is 0 Å². The summed E-state index contributed by atoms with van der Waals surface area (Å²) in [6.07, 6.45) is 0.559. The lowest BCUT2D eigenvalue weighted by atomic mass is 10.1. The zero-order valence-corrected chi connectivity index (χ0v) is 16.1. The molecule has 1 N–H and O–H groups in total. The van der Waals surface area contributed by atoms with Crippen molar-refractivity contribution in [2.45, 2.75) is 18.2 Å². The predicted molar refractivity (Wildman–Crippen MR) is 100 cm³/mol. The Labute approximate surface area is 159 Å². The Morgan fingerprint density at radius 2 is 1.63 bits per heavy atom. The van der Waals surface area contributed by atoms with Crippen LogP contribution in [-0.2, 0) is 26.0 Å². The van der Waals surface area contributed by atoms with Gasteiger partial charge in [-0.15, -0.1) is 0 Å². The minimum Gasteiger partial charge on any atom is -0.497 e. The van der Waals surface area contributed by atoms with Gasteiger partial charge in [0, 0.05) is 6.54 Å². The highest BCUT2D eigenvalue weighted by Crippen LogP contribution is 2.16. The van der Waals surface area contributed by atoms with Gasteiger partial charge in [-0.05, 0) is 55.3 Å². The van der Waals surface area contributed by atoms with Crippen LogP contribution in [0.15, 0.2) is 53.4 Å². The summed E-state index contributed by atoms with van der Waals surface area (Å²) in [5.41, 5.74) is 1.00. The number of esters is 1. The van der Waals surface area contributed by atoms with Gasteiger partial charge in [-0.2, -0.15) is 0 Å². The van der Waals surface area contributed by atoms with E-state index in [9.17, 15) is 13.2 Å². The van der Waals surface area contributed by atoms with Gasteiger partial charge < -0.3 is 14.2 Å². The summed E-state index contributed by atoms with van der Waals surface area (Å²) in [7, 11) is -2.03. The van der Waals surface area contributed by atoms with Crippen molar-refractivity contribution >= 4 is 16.0 Å². The van der Waals surface area contributed by atoms with E-state index in [1.165, 1.54) is 24.3 Å². The fourth-order valence-corrected chi connectivity index (χ4v) is 3.30. The molecular weight excluding hydrogens is 370 g/mol. The van der Waals surface area contributed by atoms with Crippen LogP contribution in [0.1, 0.15) is 12.5 Å². The maximum absolute atomic E-state index is 12.3. The Balaban J connectivity index is 1.86.